The first kappa shape index (κ1) is 9.88. The van der Waals surface area contributed by atoms with Crippen LogP contribution >= 0.6 is 30.0 Å². The van der Waals surface area contributed by atoms with Gasteiger partial charge in [-0.1, -0.05) is 0 Å². The Morgan fingerprint density at radius 2 is 2.00 bits per heavy atom. The molecule has 6 heteroatoms. The van der Waals surface area contributed by atoms with Gasteiger partial charge in [-0.2, -0.15) is 0 Å². The number of ether oxygens (including phenoxy) is 1. The fourth-order valence-corrected chi connectivity index (χ4v) is 2.93. The molecular formula is C3H5Cl3GeO2. The van der Waals surface area contributed by atoms with Crippen LogP contribution in [0.25, 0.3) is 0 Å². The zero-order chi connectivity index (χ0) is 7.49. The number of halogens is 3. The summed E-state index contributed by atoms with van der Waals surface area (Å²) in [5, 5.41) is -0.0266. The number of methoxy groups -OCH3 is 1. The van der Waals surface area contributed by atoms with Gasteiger partial charge >= 0.3 is 68.4 Å². The Morgan fingerprint density at radius 1 is 1.56 bits per heavy atom. The molecule has 2 nitrogen and oxygen atoms in total. The van der Waals surface area contributed by atoms with Gasteiger partial charge in [0.15, 0.2) is 0 Å². The van der Waals surface area contributed by atoms with E-state index in [1.165, 1.54) is 7.11 Å². The Kier molecular flexibility index (Phi) is 4.29. The van der Waals surface area contributed by atoms with Crippen molar-refractivity contribution in [3.05, 3.63) is 0 Å². The average molecular weight is 252 g/mol. The molecule has 0 aliphatic heterocycles. The predicted molar refractivity (Wildman–Crippen MR) is 40.1 cm³/mol. The van der Waals surface area contributed by atoms with Crippen LogP contribution in [0.2, 0.25) is 5.25 Å². The molecule has 0 spiro atoms. The third-order valence-corrected chi connectivity index (χ3v) is 4.10. The normalized spacial score (nSPS) is 11.1. The Labute approximate surface area is 68.3 Å². The average Bonchev–Trinajstić information content (AvgIpc) is 1.62. The standard InChI is InChI=1S/C3H5Cl3GeO2/c1-9-3(8)2-7(4,5)6/h2H2,1H3. The van der Waals surface area contributed by atoms with E-state index in [-0.39, 0.29) is 5.25 Å². The van der Waals surface area contributed by atoms with Crippen LogP contribution in [0.4, 0.5) is 0 Å². The van der Waals surface area contributed by atoms with Gasteiger partial charge in [-0.25, -0.2) is 0 Å². The number of carbonyl (C=O) groups is 1. The van der Waals surface area contributed by atoms with Gasteiger partial charge in [0.1, 0.15) is 0 Å². The minimum absolute atomic E-state index is 0.0266. The van der Waals surface area contributed by atoms with Crippen molar-refractivity contribution in [3.63, 3.8) is 0 Å². The van der Waals surface area contributed by atoms with Crippen LogP contribution in [0.5, 0.6) is 0 Å². The SMILES string of the molecule is COC(=O)[CH2][Ge]([Cl])([Cl])[Cl]. The maximum atomic E-state index is 10.4. The molecule has 0 aliphatic carbocycles. The van der Waals surface area contributed by atoms with E-state index in [1.807, 2.05) is 0 Å². The van der Waals surface area contributed by atoms with Gasteiger partial charge < -0.3 is 0 Å². The number of rotatable bonds is 2. The monoisotopic (exact) mass is 252 g/mol. The second kappa shape index (κ2) is 3.91. The quantitative estimate of drug-likeness (QED) is 0.553. The van der Waals surface area contributed by atoms with Crippen LogP contribution in [0.1, 0.15) is 0 Å². The van der Waals surface area contributed by atoms with Crippen LogP contribution in [0.15, 0.2) is 0 Å². The molecule has 0 unspecified atom stereocenters. The van der Waals surface area contributed by atoms with Crippen molar-refractivity contribution in [1.29, 1.82) is 0 Å². The molecule has 0 aromatic heterocycles. The predicted octanol–water partition coefficient (Wildman–Crippen LogP) is 1.81. The van der Waals surface area contributed by atoms with E-state index in [0.717, 1.165) is 0 Å². The summed E-state index contributed by atoms with van der Waals surface area (Å²) in [5.74, 6) is -0.449. The number of esters is 1. The first-order chi connectivity index (χ1) is 3.95. The van der Waals surface area contributed by atoms with Crippen molar-refractivity contribution >= 4 is 46.5 Å². The van der Waals surface area contributed by atoms with Gasteiger partial charge in [0, 0.05) is 0 Å². The zero-order valence-electron chi connectivity index (χ0n) is 4.66. The summed E-state index contributed by atoms with van der Waals surface area (Å²) in [6, 6.07) is 0. The fraction of sp³-hybridized carbons (Fsp3) is 0.667. The topological polar surface area (TPSA) is 26.3 Å². The van der Waals surface area contributed by atoms with Crippen molar-refractivity contribution in [3.8, 4) is 0 Å². The second-order valence-corrected chi connectivity index (χ2v) is 17.8. The van der Waals surface area contributed by atoms with E-state index in [4.69, 9.17) is 30.0 Å². The maximum absolute atomic E-state index is 10.4. The summed E-state index contributed by atoms with van der Waals surface area (Å²) in [6.07, 6.45) is 0. The zero-order valence-corrected chi connectivity index (χ0v) is 9.02. The van der Waals surface area contributed by atoms with Gasteiger partial charge in [0.05, 0.1) is 0 Å². The van der Waals surface area contributed by atoms with Gasteiger partial charge in [-0.05, 0) is 0 Å². The van der Waals surface area contributed by atoms with E-state index < -0.39 is 16.4 Å². The molecule has 0 rings (SSSR count). The molecule has 0 saturated carbocycles. The van der Waals surface area contributed by atoms with Gasteiger partial charge in [0.25, 0.3) is 0 Å². The molecule has 0 amide bonds. The number of hydrogen-bond acceptors (Lipinski definition) is 2. The molecule has 54 valence electrons. The molecular weight excluding hydrogens is 247 g/mol. The molecule has 0 aliphatic rings. The van der Waals surface area contributed by atoms with Gasteiger partial charge in [0.2, 0.25) is 0 Å². The molecule has 9 heavy (non-hydrogen) atoms. The molecule has 0 atom stereocenters. The Balaban J connectivity index is 3.60. The Hall–Kier alpha value is 0.883. The van der Waals surface area contributed by atoms with E-state index in [2.05, 4.69) is 4.74 Å². The summed E-state index contributed by atoms with van der Waals surface area (Å²) in [5.41, 5.74) is 0. The van der Waals surface area contributed by atoms with Crippen LogP contribution in [-0.2, 0) is 9.53 Å². The molecule has 0 heterocycles. The van der Waals surface area contributed by atoms with Crippen LogP contribution in [0, 0.1) is 0 Å². The minimum atomic E-state index is -3.24. The summed E-state index contributed by atoms with van der Waals surface area (Å²) in [6.45, 7) is 0. The summed E-state index contributed by atoms with van der Waals surface area (Å²) >= 11 is 0. The third-order valence-electron chi connectivity index (χ3n) is 0.572. The van der Waals surface area contributed by atoms with Crippen molar-refractivity contribution in [2.24, 2.45) is 0 Å². The van der Waals surface area contributed by atoms with Crippen molar-refractivity contribution < 1.29 is 9.53 Å². The van der Waals surface area contributed by atoms with Crippen LogP contribution in [-0.4, -0.2) is 23.6 Å². The van der Waals surface area contributed by atoms with Crippen molar-refractivity contribution in [2.45, 2.75) is 5.25 Å². The second-order valence-electron chi connectivity index (χ2n) is 1.37. The first-order valence-electron chi connectivity index (χ1n) is 2.09. The third kappa shape index (κ3) is 6.77. The Morgan fingerprint density at radius 3 is 2.11 bits per heavy atom. The molecule has 0 bridgehead atoms. The number of carbonyl (C=O) groups excluding carboxylic acids is 1. The van der Waals surface area contributed by atoms with Crippen LogP contribution < -0.4 is 0 Å². The van der Waals surface area contributed by atoms with E-state index in [0.29, 0.717) is 0 Å². The van der Waals surface area contributed by atoms with E-state index in [9.17, 15) is 4.79 Å². The molecule has 0 aromatic rings. The van der Waals surface area contributed by atoms with Gasteiger partial charge in [-0.3, -0.25) is 0 Å². The molecule has 0 N–H and O–H groups in total. The molecule has 0 radical (unpaired) electrons. The van der Waals surface area contributed by atoms with Gasteiger partial charge in [-0.15, -0.1) is 0 Å². The van der Waals surface area contributed by atoms with E-state index >= 15 is 0 Å². The van der Waals surface area contributed by atoms with Crippen molar-refractivity contribution in [2.75, 3.05) is 7.11 Å². The molecule has 0 fully saturated rings. The Bertz CT molecular complexity index is 110. The molecule has 0 aromatic carbocycles. The van der Waals surface area contributed by atoms with Crippen molar-refractivity contribution in [1.82, 2.24) is 0 Å². The summed E-state index contributed by atoms with van der Waals surface area (Å²) in [7, 11) is 14.3. The molecule has 0 saturated heterocycles. The van der Waals surface area contributed by atoms with Crippen LogP contribution in [0.3, 0.4) is 0 Å². The van der Waals surface area contributed by atoms with E-state index in [1.54, 1.807) is 0 Å². The first-order valence-corrected chi connectivity index (χ1v) is 11.8. The summed E-state index contributed by atoms with van der Waals surface area (Å²) < 4.78 is 4.28. The fourth-order valence-electron chi connectivity index (χ4n) is 0.236. The number of hydrogen-bond donors (Lipinski definition) is 0. The summed E-state index contributed by atoms with van der Waals surface area (Å²) in [4.78, 5) is 10.4.